The zero-order chi connectivity index (χ0) is 46.7. The van der Waals surface area contributed by atoms with Crippen LogP contribution in [0.1, 0.15) is 105 Å². The van der Waals surface area contributed by atoms with Gasteiger partial charge in [0.05, 0.1) is 22.4 Å². The Hall–Kier alpha value is -6.72. The number of benzene rings is 7. The number of hydrogen-bond acceptors (Lipinski definition) is 2. The lowest BCUT2D eigenvalue weighted by molar-refractivity contribution is 0.572. The highest BCUT2D eigenvalue weighted by atomic mass is 15.0. The quantitative estimate of drug-likeness (QED) is 0.166. The number of nitrogens with zero attached hydrogens (tertiary/aromatic N) is 4. The monoisotopic (exact) mass is 870 g/mol. The average molecular weight is 871 g/mol. The Morgan fingerprint density at radius 3 is 1.21 bits per heavy atom. The molecule has 4 nitrogen and oxygen atoms in total. The third-order valence-electron chi connectivity index (χ3n) is 14.8. The molecule has 0 unspecified atom stereocenters. The van der Waals surface area contributed by atoms with Crippen LogP contribution in [0.3, 0.4) is 0 Å². The van der Waals surface area contributed by atoms with E-state index >= 15 is 0 Å². The van der Waals surface area contributed by atoms with E-state index in [1.54, 1.807) is 0 Å². The Morgan fingerprint density at radius 2 is 0.821 bits per heavy atom. The van der Waals surface area contributed by atoms with E-state index in [0.717, 1.165) is 28.1 Å². The summed E-state index contributed by atoms with van der Waals surface area (Å²) in [5, 5.41) is 5.31. The zero-order valence-corrected chi connectivity index (χ0v) is 41.1. The minimum Gasteiger partial charge on any atom is -0.310 e. The van der Waals surface area contributed by atoms with E-state index in [4.69, 9.17) is 9.97 Å². The van der Waals surface area contributed by atoms with E-state index in [9.17, 15) is 0 Å². The molecule has 10 aromatic rings. The molecule has 3 aromatic heterocycles. The van der Waals surface area contributed by atoms with Crippen molar-refractivity contribution < 1.29 is 0 Å². The van der Waals surface area contributed by atoms with Gasteiger partial charge in [0, 0.05) is 60.6 Å². The molecule has 0 spiro atoms. The first-order valence-electron chi connectivity index (χ1n) is 24.2. The molecular formula is C62H59BN4. The number of rotatable bonds is 3. The van der Waals surface area contributed by atoms with Crippen LogP contribution >= 0.6 is 0 Å². The molecule has 0 N–H and O–H groups in total. The number of hydrogen-bond donors (Lipinski definition) is 0. The van der Waals surface area contributed by atoms with Crippen LogP contribution in [0.5, 0.6) is 0 Å². The van der Waals surface area contributed by atoms with Crippen LogP contribution in [0.15, 0.2) is 140 Å². The van der Waals surface area contributed by atoms with E-state index in [-0.39, 0.29) is 28.4 Å². The number of fused-ring (bicyclic) bond motifs is 10. The zero-order valence-electron chi connectivity index (χ0n) is 41.1. The summed E-state index contributed by atoms with van der Waals surface area (Å²) in [6.45, 7) is 28.4. The van der Waals surface area contributed by atoms with Gasteiger partial charge in [-0.1, -0.05) is 192 Å². The molecular weight excluding hydrogens is 812 g/mol. The van der Waals surface area contributed by atoms with Gasteiger partial charge in [0.15, 0.2) is 5.82 Å². The van der Waals surface area contributed by atoms with Gasteiger partial charge in [-0.3, -0.25) is 0 Å². The second-order valence-corrected chi connectivity index (χ2v) is 23.5. The Morgan fingerprint density at radius 1 is 0.403 bits per heavy atom. The maximum Gasteiger partial charge on any atom is 0.252 e. The second kappa shape index (κ2) is 13.9. The minimum atomic E-state index is -0.0934. The Kier molecular flexibility index (Phi) is 8.66. The van der Waals surface area contributed by atoms with Crippen LogP contribution in [0.25, 0.3) is 88.9 Å². The molecule has 0 bridgehead atoms. The van der Waals surface area contributed by atoms with Gasteiger partial charge in [0.2, 0.25) is 0 Å². The SMILES string of the molecule is CC(C)(C)c1cc(C(C)(C)C)c2c3cccc4c3n(c2c1)-c1cc(-c2nc(-c3ccccc3)cc(-c3ccccc3)n2)cc2c1B4c1cccc3c4c(C(C)(C)C)cc(C(C)(C)C)cc4n-2c13. The highest BCUT2D eigenvalue weighted by molar-refractivity contribution is 7.00. The summed E-state index contributed by atoms with van der Waals surface area (Å²) >= 11 is 0. The molecule has 12 rings (SSSR count). The fourth-order valence-corrected chi connectivity index (χ4v) is 11.4. The van der Waals surface area contributed by atoms with Crippen molar-refractivity contribution in [3.63, 3.8) is 0 Å². The Labute approximate surface area is 395 Å². The van der Waals surface area contributed by atoms with E-state index in [1.807, 2.05) is 0 Å². The molecule has 2 aliphatic rings. The van der Waals surface area contributed by atoms with E-state index < -0.39 is 0 Å². The highest BCUT2D eigenvalue weighted by Gasteiger charge is 2.42. The topological polar surface area (TPSA) is 35.6 Å². The van der Waals surface area contributed by atoms with E-state index in [1.165, 1.54) is 93.6 Å². The van der Waals surface area contributed by atoms with Crippen molar-refractivity contribution in [1.29, 1.82) is 0 Å². The van der Waals surface area contributed by atoms with Gasteiger partial charge in [0.1, 0.15) is 0 Å². The highest BCUT2D eigenvalue weighted by Crippen LogP contribution is 2.47. The first kappa shape index (κ1) is 41.7. The number of aromatic nitrogens is 4. The lowest BCUT2D eigenvalue weighted by Gasteiger charge is -2.34. The molecule has 5 heterocycles. The van der Waals surface area contributed by atoms with Crippen LogP contribution in [0.2, 0.25) is 0 Å². The summed E-state index contributed by atoms with van der Waals surface area (Å²) in [5.74, 6) is 0.713. The van der Waals surface area contributed by atoms with Crippen LogP contribution in [-0.4, -0.2) is 25.8 Å². The van der Waals surface area contributed by atoms with Gasteiger partial charge in [-0.05, 0) is 90.6 Å². The fraction of sp³-hybridized carbons (Fsp3) is 0.258. The summed E-state index contributed by atoms with van der Waals surface area (Å²) in [6, 6.07) is 52.4. The van der Waals surface area contributed by atoms with Crippen LogP contribution < -0.4 is 16.4 Å². The maximum atomic E-state index is 5.50. The van der Waals surface area contributed by atoms with Crippen molar-refractivity contribution in [3.05, 3.63) is 162 Å². The first-order valence-corrected chi connectivity index (χ1v) is 24.2. The standard InChI is InChI=1S/C62H59BN4/c1-59(2,3)39-31-43(61(7,8)9)53-41-25-19-27-45-56(41)66(49(53)33-39)51-29-38(58-64-47(36-21-15-13-16-22-36)35-48(65-58)37-23-17-14-18-24-37)30-52-55(51)63(45)46-28-20-26-42-54-44(62(10,11)12)32-40(60(4,5)6)34-50(54)67(52)57(42)46/h13-35H,1-12H3. The van der Waals surface area contributed by atoms with E-state index in [2.05, 4.69) is 232 Å². The van der Waals surface area contributed by atoms with Gasteiger partial charge in [-0.2, -0.15) is 0 Å². The molecule has 5 heteroatoms. The molecule has 7 aromatic carbocycles. The summed E-state index contributed by atoms with van der Waals surface area (Å²) in [5.41, 5.74) is 21.6. The summed E-state index contributed by atoms with van der Waals surface area (Å²) in [7, 11) is 0. The van der Waals surface area contributed by atoms with Crippen molar-refractivity contribution >= 4 is 66.7 Å². The molecule has 330 valence electrons. The predicted octanol–water partition coefficient (Wildman–Crippen LogP) is 14.0. The largest absolute Gasteiger partial charge is 0.310 e. The molecule has 0 aliphatic carbocycles. The van der Waals surface area contributed by atoms with Gasteiger partial charge in [0.25, 0.3) is 6.71 Å². The smallest absolute Gasteiger partial charge is 0.252 e. The molecule has 0 radical (unpaired) electrons. The van der Waals surface area contributed by atoms with Gasteiger partial charge in [-0.25, -0.2) is 9.97 Å². The van der Waals surface area contributed by atoms with Crippen molar-refractivity contribution in [2.75, 3.05) is 0 Å². The van der Waals surface area contributed by atoms with Crippen LogP contribution in [-0.2, 0) is 21.7 Å². The molecule has 0 amide bonds. The summed E-state index contributed by atoms with van der Waals surface area (Å²) in [6.07, 6.45) is 0. The molecule has 0 saturated carbocycles. The maximum absolute atomic E-state index is 5.50. The molecule has 2 aliphatic heterocycles. The lowest BCUT2D eigenvalue weighted by Crippen LogP contribution is -2.59. The summed E-state index contributed by atoms with van der Waals surface area (Å²) < 4.78 is 5.28. The minimum absolute atomic E-state index is 0.0110. The molecule has 0 atom stereocenters. The van der Waals surface area contributed by atoms with Gasteiger partial charge in [-0.15, -0.1) is 0 Å². The first-order chi connectivity index (χ1) is 31.8. The fourth-order valence-electron chi connectivity index (χ4n) is 11.4. The average Bonchev–Trinajstić information content (AvgIpc) is 3.82. The van der Waals surface area contributed by atoms with E-state index in [0.29, 0.717) is 5.82 Å². The van der Waals surface area contributed by atoms with Crippen LogP contribution in [0, 0.1) is 0 Å². The molecule has 0 saturated heterocycles. The third kappa shape index (κ3) is 6.19. The Balaban J connectivity index is 1.30. The van der Waals surface area contributed by atoms with Crippen LogP contribution in [0.4, 0.5) is 0 Å². The normalized spacial score (nSPS) is 13.6. The van der Waals surface area contributed by atoms with Crippen molar-refractivity contribution in [2.24, 2.45) is 0 Å². The predicted molar refractivity (Wildman–Crippen MR) is 286 cm³/mol. The van der Waals surface area contributed by atoms with Crippen molar-refractivity contribution in [1.82, 2.24) is 19.1 Å². The lowest BCUT2D eigenvalue weighted by atomic mass is 9.34. The second-order valence-electron chi connectivity index (χ2n) is 23.5. The van der Waals surface area contributed by atoms with Gasteiger partial charge < -0.3 is 9.13 Å². The van der Waals surface area contributed by atoms with Crippen molar-refractivity contribution in [3.8, 4) is 45.3 Å². The molecule has 67 heavy (non-hydrogen) atoms. The number of para-hydroxylation sites is 2. The van der Waals surface area contributed by atoms with Crippen molar-refractivity contribution in [2.45, 2.75) is 105 Å². The summed E-state index contributed by atoms with van der Waals surface area (Å²) in [4.78, 5) is 11.0. The Bertz CT molecular complexity index is 3470. The molecule has 0 fully saturated rings. The third-order valence-corrected chi connectivity index (χ3v) is 14.8. The van der Waals surface area contributed by atoms with Gasteiger partial charge >= 0.3 is 0 Å².